The molecular formula is C25H23N3O5. The Kier molecular flexibility index (Phi) is 6.64. The van der Waals surface area contributed by atoms with Crippen molar-refractivity contribution in [2.75, 3.05) is 13.1 Å². The van der Waals surface area contributed by atoms with Crippen LogP contribution in [0, 0.1) is 10.1 Å². The number of nitro benzene ring substituents is 1. The van der Waals surface area contributed by atoms with Crippen molar-refractivity contribution in [1.82, 2.24) is 10.2 Å². The number of benzene rings is 2. The lowest BCUT2D eigenvalue weighted by molar-refractivity contribution is -0.384. The number of hydrogen-bond acceptors (Lipinski definition) is 5. The lowest BCUT2D eigenvalue weighted by Crippen LogP contribution is -2.41. The minimum Gasteiger partial charge on any atom is -0.457 e. The quantitative estimate of drug-likeness (QED) is 0.338. The fourth-order valence-corrected chi connectivity index (χ4v) is 3.70. The molecule has 0 saturated carbocycles. The molecule has 0 radical (unpaired) electrons. The highest BCUT2D eigenvalue weighted by molar-refractivity contribution is 6.05. The van der Waals surface area contributed by atoms with Gasteiger partial charge in [0, 0.05) is 42.4 Å². The van der Waals surface area contributed by atoms with E-state index in [-0.39, 0.29) is 17.3 Å². The first-order valence-corrected chi connectivity index (χ1v) is 10.7. The molecule has 0 spiro atoms. The summed E-state index contributed by atoms with van der Waals surface area (Å²) in [5, 5.41) is 13.8. The van der Waals surface area contributed by atoms with Gasteiger partial charge in [-0.3, -0.25) is 19.7 Å². The maximum absolute atomic E-state index is 13.2. The molecule has 2 heterocycles. The van der Waals surface area contributed by atoms with Crippen molar-refractivity contribution in [1.29, 1.82) is 0 Å². The fourth-order valence-electron chi connectivity index (χ4n) is 3.70. The number of nitrogens with zero attached hydrogens (tertiary/aromatic N) is 2. The van der Waals surface area contributed by atoms with Gasteiger partial charge in [-0.1, -0.05) is 30.3 Å². The van der Waals surface area contributed by atoms with E-state index >= 15 is 0 Å². The highest BCUT2D eigenvalue weighted by Gasteiger charge is 2.23. The Hall–Kier alpha value is -4.20. The van der Waals surface area contributed by atoms with E-state index in [4.69, 9.17) is 4.42 Å². The molecule has 0 unspecified atom stereocenters. The summed E-state index contributed by atoms with van der Waals surface area (Å²) in [7, 11) is 0. The summed E-state index contributed by atoms with van der Waals surface area (Å²) in [5.41, 5.74) is 1.05. The maximum Gasteiger partial charge on any atom is 0.270 e. The Morgan fingerprint density at radius 1 is 0.970 bits per heavy atom. The fraction of sp³-hybridized carbons (Fsp3) is 0.200. The molecule has 2 aromatic carbocycles. The smallest absolute Gasteiger partial charge is 0.270 e. The Balaban J connectivity index is 1.63. The number of rotatable bonds is 6. The van der Waals surface area contributed by atoms with Crippen LogP contribution in [0.1, 0.15) is 35.4 Å². The zero-order valence-electron chi connectivity index (χ0n) is 17.9. The van der Waals surface area contributed by atoms with Crippen LogP contribution < -0.4 is 5.32 Å². The third kappa shape index (κ3) is 5.35. The average Bonchev–Trinajstić information content (AvgIpc) is 3.33. The van der Waals surface area contributed by atoms with Crippen molar-refractivity contribution in [2.24, 2.45) is 0 Å². The van der Waals surface area contributed by atoms with Crippen LogP contribution in [0.15, 0.2) is 76.8 Å². The van der Waals surface area contributed by atoms with Gasteiger partial charge in [0.1, 0.15) is 17.2 Å². The van der Waals surface area contributed by atoms with E-state index in [9.17, 15) is 19.7 Å². The summed E-state index contributed by atoms with van der Waals surface area (Å²) in [4.78, 5) is 38.3. The van der Waals surface area contributed by atoms with Crippen molar-refractivity contribution in [2.45, 2.75) is 19.3 Å². The highest BCUT2D eigenvalue weighted by Crippen LogP contribution is 2.27. The zero-order valence-corrected chi connectivity index (χ0v) is 17.9. The lowest BCUT2D eigenvalue weighted by Gasteiger charge is -2.27. The van der Waals surface area contributed by atoms with Crippen LogP contribution in [0.2, 0.25) is 0 Å². The number of likely N-dealkylation sites (tertiary alicyclic amines) is 1. The molecule has 1 aromatic heterocycles. The molecule has 2 amide bonds. The van der Waals surface area contributed by atoms with Crippen LogP contribution in [0.3, 0.4) is 0 Å². The third-order valence-corrected chi connectivity index (χ3v) is 5.41. The molecule has 168 valence electrons. The van der Waals surface area contributed by atoms with E-state index in [0.717, 1.165) is 19.3 Å². The molecule has 8 nitrogen and oxygen atoms in total. The van der Waals surface area contributed by atoms with Crippen LogP contribution in [0.5, 0.6) is 0 Å². The summed E-state index contributed by atoms with van der Waals surface area (Å²) in [6.45, 7) is 1.27. The van der Waals surface area contributed by atoms with Gasteiger partial charge in [0.15, 0.2) is 0 Å². The van der Waals surface area contributed by atoms with E-state index in [0.29, 0.717) is 35.7 Å². The number of nitro groups is 1. The molecule has 8 heteroatoms. The molecule has 1 fully saturated rings. The maximum atomic E-state index is 13.2. The predicted octanol–water partition coefficient (Wildman–Crippen LogP) is 4.64. The number of carbonyl (C=O) groups excluding carboxylic acids is 2. The second-order valence-corrected chi connectivity index (χ2v) is 7.74. The number of nitrogens with one attached hydrogen (secondary N) is 1. The van der Waals surface area contributed by atoms with Gasteiger partial charge in [-0.2, -0.15) is 0 Å². The van der Waals surface area contributed by atoms with E-state index in [1.807, 2.05) is 6.07 Å². The Bertz CT molecular complexity index is 1190. The van der Waals surface area contributed by atoms with Gasteiger partial charge in [-0.25, -0.2) is 0 Å². The van der Waals surface area contributed by atoms with E-state index < -0.39 is 10.8 Å². The van der Waals surface area contributed by atoms with E-state index in [2.05, 4.69) is 5.32 Å². The van der Waals surface area contributed by atoms with Gasteiger partial charge in [-0.05, 0) is 43.5 Å². The van der Waals surface area contributed by atoms with E-state index in [1.165, 1.54) is 18.2 Å². The molecule has 0 atom stereocenters. The summed E-state index contributed by atoms with van der Waals surface area (Å²) in [6.07, 6.45) is 4.41. The van der Waals surface area contributed by atoms with Crippen LogP contribution in [-0.2, 0) is 4.79 Å². The van der Waals surface area contributed by atoms with Crippen LogP contribution in [-0.4, -0.2) is 34.7 Å². The Labute approximate surface area is 190 Å². The molecule has 0 bridgehead atoms. The largest absolute Gasteiger partial charge is 0.457 e. The van der Waals surface area contributed by atoms with Crippen molar-refractivity contribution in [3.63, 3.8) is 0 Å². The first-order chi connectivity index (χ1) is 16.0. The zero-order chi connectivity index (χ0) is 23.2. The summed E-state index contributed by atoms with van der Waals surface area (Å²) < 4.78 is 5.84. The Morgan fingerprint density at radius 2 is 1.73 bits per heavy atom. The van der Waals surface area contributed by atoms with Gasteiger partial charge >= 0.3 is 0 Å². The number of amides is 2. The number of non-ortho nitro benzene ring substituents is 1. The second kappa shape index (κ2) is 9.95. The van der Waals surface area contributed by atoms with Crippen LogP contribution >= 0.6 is 0 Å². The molecule has 3 aromatic rings. The standard InChI is InChI=1S/C25H23N3O5/c29-24(18-8-3-1-4-9-18)26-22(25(30)27-14-5-2-6-15-27)17-21-12-13-23(33-21)19-10-7-11-20(16-19)28(31)32/h1,3-4,7-13,16-17H,2,5-6,14-15H2,(H,26,29)/b22-17+. The third-order valence-electron chi connectivity index (χ3n) is 5.41. The van der Waals surface area contributed by atoms with Gasteiger partial charge in [0.2, 0.25) is 0 Å². The molecule has 1 saturated heterocycles. The average molecular weight is 445 g/mol. The number of piperidine rings is 1. The molecule has 1 aliphatic rings. The number of furan rings is 1. The molecule has 4 rings (SSSR count). The molecule has 1 N–H and O–H groups in total. The van der Waals surface area contributed by atoms with Crippen LogP contribution in [0.4, 0.5) is 5.69 Å². The topological polar surface area (TPSA) is 106 Å². The van der Waals surface area contributed by atoms with Gasteiger partial charge in [0.25, 0.3) is 17.5 Å². The normalized spacial score (nSPS) is 14.1. The van der Waals surface area contributed by atoms with Crippen molar-refractivity contribution >= 4 is 23.6 Å². The SMILES string of the molecule is O=C(N/C(=C/c1ccc(-c2cccc([N+](=O)[O-])c2)o1)C(=O)N1CCCCC1)c1ccccc1. The minimum atomic E-state index is -0.470. The van der Waals surface area contributed by atoms with Gasteiger partial charge in [0.05, 0.1) is 4.92 Å². The summed E-state index contributed by atoms with van der Waals surface area (Å²) in [6, 6.07) is 18.1. The van der Waals surface area contributed by atoms with Crippen LogP contribution in [0.25, 0.3) is 17.4 Å². The monoisotopic (exact) mass is 445 g/mol. The molecular weight excluding hydrogens is 422 g/mol. The molecule has 33 heavy (non-hydrogen) atoms. The number of carbonyl (C=O) groups is 2. The molecule has 0 aliphatic carbocycles. The minimum absolute atomic E-state index is 0.0444. The van der Waals surface area contributed by atoms with Crippen molar-refractivity contribution < 1.29 is 18.9 Å². The second-order valence-electron chi connectivity index (χ2n) is 7.74. The van der Waals surface area contributed by atoms with Gasteiger partial charge < -0.3 is 14.6 Å². The first kappa shape index (κ1) is 22.0. The lowest BCUT2D eigenvalue weighted by atomic mass is 10.1. The Morgan fingerprint density at radius 3 is 2.45 bits per heavy atom. The molecule has 1 aliphatic heterocycles. The summed E-state index contributed by atoms with van der Waals surface area (Å²) >= 11 is 0. The summed E-state index contributed by atoms with van der Waals surface area (Å²) in [5.74, 6) is 0.110. The van der Waals surface area contributed by atoms with Gasteiger partial charge in [-0.15, -0.1) is 0 Å². The van der Waals surface area contributed by atoms with Crippen molar-refractivity contribution in [3.8, 4) is 11.3 Å². The number of hydrogen-bond donors (Lipinski definition) is 1. The van der Waals surface area contributed by atoms with E-state index in [1.54, 1.807) is 53.4 Å². The predicted molar refractivity (Wildman–Crippen MR) is 123 cm³/mol. The first-order valence-electron chi connectivity index (χ1n) is 10.7. The highest BCUT2D eigenvalue weighted by atomic mass is 16.6. The van der Waals surface area contributed by atoms with Crippen molar-refractivity contribution in [3.05, 3.63) is 93.9 Å².